The SMILES string of the molecule is CNc1ncccc1-c1noc(/C(=C\c2ccc(C)c(C)c2)c2cccc(OC)c2)n1. The molecule has 0 aliphatic carbocycles. The van der Waals surface area contributed by atoms with Crippen LogP contribution in [-0.2, 0) is 0 Å². The van der Waals surface area contributed by atoms with E-state index in [-0.39, 0.29) is 0 Å². The highest BCUT2D eigenvalue weighted by molar-refractivity contribution is 5.89. The number of hydrogen-bond donors (Lipinski definition) is 1. The average Bonchev–Trinajstić information content (AvgIpc) is 3.29. The van der Waals surface area contributed by atoms with Gasteiger partial charge in [-0.3, -0.25) is 0 Å². The monoisotopic (exact) mass is 412 g/mol. The van der Waals surface area contributed by atoms with Crippen LogP contribution in [0, 0.1) is 13.8 Å². The number of nitrogens with zero attached hydrogens (tertiary/aromatic N) is 3. The molecule has 0 saturated carbocycles. The molecule has 2 heterocycles. The minimum absolute atomic E-state index is 0.424. The van der Waals surface area contributed by atoms with Crippen molar-refractivity contribution in [2.24, 2.45) is 0 Å². The number of aromatic nitrogens is 3. The molecule has 6 nitrogen and oxygen atoms in total. The van der Waals surface area contributed by atoms with Gasteiger partial charge in [0.25, 0.3) is 5.89 Å². The topological polar surface area (TPSA) is 73.1 Å². The number of nitrogens with one attached hydrogen (secondary N) is 1. The lowest BCUT2D eigenvalue weighted by atomic mass is 10.00. The third-order valence-corrected chi connectivity index (χ3v) is 5.16. The van der Waals surface area contributed by atoms with E-state index in [1.165, 1.54) is 11.1 Å². The summed E-state index contributed by atoms with van der Waals surface area (Å²) in [6, 6.07) is 17.9. The van der Waals surface area contributed by atoms with Gasteiger partial charge in [-0.2, -0.15) is 4.98 Å². The minimum atomic E-state index is 0.424. The van der Waals surface area contributed by atoms with Crippen LogP contribution in [0.4, 0.5) is 5.82 Å². The molecule has 0 saturated heterocycles. The van der Waals surface area contributed by atoms with E-state index in [1.807, 2.05) is 43.4 Å². The summed E-state index contributed by atoms with van der Waals surface area (Å²) < 4.78 is 11.1. The van der Waals surface area contributed by atoms with Crippen LogP contribution in [0.25, 0.3) is 23.0 Å². The normalized spacial score (nSPS) is 11.4. The molecule has 0 aliphatic heterocycles. The summed E-state index contributed by atoms with van der Waals surface area (Å²) in [5, 5.41) is 7.29. The first-order valence-corrected chi connectivity index (χ1v) is 9.99. The smallest absolute Gasteiger partial charge is 0.258 e. The van der Waals surface area contributed by atoms with Gasteiger partial charge in [0.1, 0.15) is 11.6 Å². The van der Waals surface area contributed by atoms with Crippen molar-refractivity contribution < 1.29 is 9.26 Å². The quantitative estimate of drug-likeness (QED) is 0.428. The van der Waals surface area contributed by atoms with Gasteiger partial charge in [0, 0.05) is 18.8 Å². The standard InChI is InChI=1S/C25H24N4O2/c1-16-10-11-18(13-17(16)2)14-22(19-7-5-8-20(15-19)30-4)25-28-24(29-31-25)21-9-6-12-27-23(21)26-3/h5-15H,1-4H3,(H,26,27)/b22-14-. The molecular weight excluding hydrogens is 388 g/mol. The van der Waals surface area contributed by atoms with Gasteiger partial charge in [-0.1, -0.05) is 35.5 Å². The first-order chi connectivity index (χ1) is 15.1. The number of pyridine rings is 1. The van der Waals surface area contributed by atoms with E-state index in [4.69, 9.17) is 14.2 Å². The highest BCUT2D eigenvalue weighted by atomic mass is 16.5. The summed E-state index contributed by atoms with van der Waals surface area (Å²) in [5.74, 6) is 2.34. The number of hydrogen-bond acceptors (Lipinski definition) is 6. The summed E-state index contributed by atoms with van der Waals surface area (Å²) in [4.78, 5) is 9.02. The lowest BCUT2D eigenvalue weighted by molar-refractivity contribution is 0.408. The fourth-order valence-corrected chi connectivity index (χ4v) is 3.31. The molecule has 0 atom stereocenters. The van der Waals surface area contributed by atoms with E-state index in [9.17, 15) is 0 Å². The maximum absolute atomic E-state index is 5.71. The Morgan fingerprint density at radius 3 is 2.68 bits per heavy atom. The van der Waals surface area contributed by atoms with Gasteiger partial charge in [0.15, 0.2) is 0 Å². The van der Waals surface area contributed by atoms with Crippen LogP contribution in [0.5, 0.6) is 5.75 Å². The molecule has 4 aromatic rings. The van der Waals surface area contributed by atoms with E-state index in [0.29, 0.717) is 17.5 Å². The van der Waals surface area contributed by atoms with Crippen LogP contribution in [0.15, 0.2) is 65.3 Å². The Kier molecular flexibility index (Phi) is 5.80. The van der Waals surface area contributed by atoms with Crippen molar-refractivity contribution >= 4 is 17.5 Å². The van der Waals surface area contributed by atoms with Crippen molar-refractivity contribution in [3.63, 3.8) is 0 Å². The van der Waals surface area contributed by atoms with Crippen LogP contribution in [0.3, 0.4) is 0 Å². The molecule has 0 spiro atoms. The van der Waals surface area contributed by atoms with Crippen molar-refractivity contribution in [2.45, 2.75) is 13.8 Å². The molecule has 0 unspecified atom stereocenters. The Morgan fingerprint density at radius 1 is 1.03 bits per heavy atom. The predicted octanol–water partition coefficient (Wildman–Crippen LogP) is 5.39. The second kappa shape index (κ2) is 8.83. The zero-order valence-electron chi connectivity index (χ0n) is 18.0. The van der Waals surface area contributed by atoms with Crippen molar-refractivity contribution in [3.8, 4) is 17.1 Å². The largest absolute Gasteiger partial charge is 0.497 e. The zero-order chi connectivity index (χ0) is 21.8. The van der Waals surface area contributed by atoms with Gasteiger partial charge in [-0.05, 0) is 66.4 Å². The van der Waals surface area contributed by atoms with Crippen LogP contribution in [0.2, 0.25) is 0 Å². The lowest BCUT2D eigenvalue weighted by Gasteiger charge is -2.07. The molecule has 0 fully saturated rings. The summed E-state index contributed by atoms with van der Waals surface area (Å²) in [7, 11) is 3.46. The van der Waals surface area contributed by atoms with Crippen LogP contribution in [-0.4, -0.2) is 29.3 Å². The van der Waals surface area contributed by atoms with Gasteiger partial charge in [-0.15, -0.1) is 0 Å². The highest BCUT2D eigenvalue weighted by Crippen LogP contribution is 2.30. The fourth-order valence-electron chi connectivity index (χ4n) is 3.31. The lowest BCUT2D eigenvalue weighted by Crippen LogP contribution is -1.96. The van der Waals surface area contributed by atoms with Crippen molar-refractivity contribution in [1.29, 1.82) is 0 Å². The Balaban J connectivity index is 1.84. The number of anilines is 1. The zero-order valence-corrected chi connectivity index (χ0v) is 18.0. The van der Waals surface area contributed by atoms with E-state index in [2.05, 4.69) is 53.6 Å². The molecule has 156 valence electrons. The summed E-state index contributed by atoms with van der Waals surface area (Å²) in [5.41, 5.74) is 6.04. The highest BCUT2D eigenvalue weighted by Gasteiger charge is 2.18. The van der Waals surface area contributed by atoms with E-state index in [1.54, 1.807) is 13.3 Å². The van der Waals surface area contributed by atoms with E-state index in [0.717, 1.165) is 28.0 Å². The second-order valence-electron chi connectivity index (χ2n) is 7.21. The second-order valence-corrected chi connectivity index (χ2v) is 7.21. The van der Waals surface area contributed by atoms with E-state index < -0.39 is 0 Å². The predicted molar refractivity (Wildman–Crippen MR) is 123 cm³/mol. The molecule has 31 heavy (non-hydrogen) atoms. The van der Waals surface area contributed by atoms with Crippen molar-refractivity contribution in [2.75, 3.05) is 19.5 Å². The molecule has 0 amide bonds. The molecule has 6 heteroatoms. The van der Waals surface area contributed by atoms with Crippen LogP contribution in [0.1, 0.15) is 28.1 Å². The first kappa shape index (κ1) is 20.3. The van der Waals surface area contributed by atoms with Gasteiger partial charge in [-0.25, -0.2) is 4.98 Å². The molecule has 1 N–H and O–H groups in total. The van der Waals surface area contributed by atoms with Gasteiger partial charge in [0.2, 0.25) is 5.82 Å². The molecule has 0 aliphatic rings. The number of rotatable bonds is 6. The Labute approximate surface area is 181 Å². The van der Waals surface area contributed by atoms with E-state index >= 15 is 0 Å². The Morgan fingerprint density at radius 2 is 1.90 bits per heavy atom. The minimum Gasteiger partial charge on any atom is -0.497 e. The maximum Gasteiger partial charge on any atom is 0.258 e. The number of ether oxygens (including phenoxy) is 1. The maximum atomic E-state index is 5.71. The third kappa shape index (κ3) is 4.33. The van der Waals surface area contributed by atoms with Crippen LogP contribution < -0.4 is 10.1 Å². The Hall–Kier alpha value is -3.93. The van der Waals surface area contributed by atoms with Crippen molar-refractivity contribution in [3.05, 3.63) is 88.9 Å². The summed E-state index contributed by atoms with van der Waals surface area (Å²) in [6.07, 6.45) is 3.78. The van der Waals surface area contributed by atoms with Crippen molar-refractivity contribution in [1.82, 2.24) is 15.1 Å². The summed E-state index contributed by atoms with van der Waals surface area (Å²) >= 11 is 0. The van der Waals surface area contributed by atoms with Gasteiger partial charge in [0.05, 0.1) is 12.7 Å². The number of methoxy groups -OCH3 is 1. The summed E-state index contributed by atoms with van der Waals surface area (Å²) in [6.45, 7) is 4.20. The van der Waals surface area contributed by atoms with Crippen LogP contribution >= 0.6 is 0 Å². The van der Waals surface area contributed by atoms with Gasteiger partial charge < -0.3 is 14.6 Å². The fraction of sp³-hybridized carbons (Fsp3) is 0.160. The molecule has 2 aromatic carbocycles. The molecule has 0 bridgehead atoms. The first-order valence-electron chi connectivity index (χ1n) is 9.99. The molecule has 2 aromatic heterocycles. The number of benzene rings is 2. The average molecular weight is 412 g/mol. The Bertz CT molecular complexity index is 1240. The third-order valence-electron chi connectivity index (χ3n) is 5.16. The van der Waals surface area contributed by atoms with Gasteiger partial charge >= 0.3 is 0 Å². The molecular formula is C25H24N4O2. The molecule has 0 radical (unpaired) electrons. The molecule has 4 rings (SSSR count). The number of aryl methyl sites for hydroxylation is 2.